The molecule has 1 rings (SSSR count). The third kappa shape index (κ3) is 4.33. The van der Waals surface area contributed by atoms with Crippen molar-refractivity contribution in [2.24, 2.45) is 5.41 Å². The van der Waals surface area contributed by atoms with Crippen LogP contribution in [0.25, 0.3) is 0 Å². The summed E-state index contributed by atoms with van der Waals surface area (Å²) in [7, 11) is 0. The van der Waals surface area contributed by atoms with E-state index in [1.54, 1.807) is 0 Å². The van der Waals surface area contributed by atoms with E-state index in [-0.39, 0.29) is 5.41 Å². The lowest BCUT2D eigenvalue weighted by molar-refractivity contribution is 0.385. The second-order valence-electron chi connectivity index (χ2n) is 5.78. The highest BCUT2D eigenvalue weighted by Gasteiger charge is 2.15. The standard InChI is InChI=1S/C15H24ClN/c1-11-6-12(2)14(13(3)7-11)8-17-10-15(4,5)9-16/h6-7,17H,8-10H2,1-5H3. The van der Waals surface area contributed by atoms with Crippen molar-refractivity contribution in [1.29, 1.82) is 0 Å². The van der Waals surface area contributed by atoms with Gasteiger partial charge in [-0.2, -0.15) is 0 Å². The Morgan fingerprint density at radius 2 is 1.65 bits per heavy atom. The van der Waals surface area contributed by atoms with Gasteiger partial charge < -0.3 is 5.32 Å². The van der Waals surface area contributed by atoms with Crippen molar-refractivity contribution < 1.29 is 0 Å². The smallest absolute Gasteiger partial charge is 0.0286 e. The Hall–Kier alpha value is -0.530. The van der Waals surface area contributed by atoms with Gasteiger partial charge in [-0.1, -0.05) is 31.5 Å². The number of benzene rings is 1. The summed E-state index contributed by atoms with van der Waals surface area (Å²) in [5, 5.41) is 3.51. The largest absolute Gasteiger partial charge is 0.312 e. The quantitative estimate of drug-likeness (QED) is 0.783. The summed E-state index contributed by atoms with van der Waals surface area (Å²) in [5.41, 5.74) is 5.66. The Morgan fingerprint density at radius 1 is 1.12 bits per heavy atom. The number of rotatable bonds is 5. The summed E-state index contributed by atoms with van der Waals surface area (Å²) in [4.78, 5) is 0. The summed E-state index contributed by atoms with van der Waals surface area (Å²) < 4.78 is 0. The fraction of sp³-hybridized carbons (Fsp3) is 0.600. The normalized spacial score (nSPS) is 11.9. The first kappa shape index (κ1) is 14.5. The lowest BCUT2D eigenvalue weighted by Crippen LogP contribution is -2.30. The van der Waals surface area contributed by atoms with Gasteiger partial charge in [-0.25, -0.2) is 0 Å². The zero-order valence-corrected chi connectivity index (χ0v) is 12.4. The van der Waals surface area contributed by atoms with Crippen LogP contribution in [-0.2, 0) is 6.54 Å². The van der Waals surface area contributed by atoms with Crippen molar-refractivity contribution in [2.45, 2.75) is 41.2 Å². The Labute approximate surface area is 111 Å². The summed E-state index contributed by atoms with van der Waals surface area (Å²) in [6.07, 6.45) is 0. The van der Waals surface area contributed by atoms with Crippen molar-refractivity contribution in [2.75, 3.05) is 12.4 Å². The maximum Gasteiger partial charge on any atom is 0.0286 e. The van der Waals surface area contributed by atoms with Crippen LogP contribution in [0.1, 0.15) is 36.1 Å². The first-order valence-corrected chi connectivity index (χ1v) is 6.72. The first-order chi connectivity index (χ1) is 7.85. The van der Waals surface area contributed by atoms with E-state index >= 15 is 0 Å². The Kier molecular flexibility index (Phi) is 5.03. The molecule has 17 heavy (non-hydrogen) atoms. The second kappa shape index (κ2) is 5.88. The van der Waals surface area contributed by atoms with Crippen molar-refractivity contribution in [1.82, 2.24) is 5.32 Å². The minimum Gasteiger partial charge on any atom is -0.312 e. The minimum absolute atomic E-state index is 0.161. The van der Waals surface area contributed by atoms with E-state index in [9.17, 15) is 0 Å². The van der Waals surface area contributed by atoms with Gasteiger partial charge in [0, 0.05) is 19.0 Å². The van der Waals surface area contributed by atoms with E-state index < -0.39 is 0 Å². The van der Waals surface area contributed by atoms with Gasteiger partial charge in [0.15, 0.2) is 0 Å². The molecule has 0 saturated heterocycles. The molecule has 0 aliphatic rings. The van der Waals surface area contributed by atoms with Gasteiger partial charge in [0.05, 0.1) is 0 Å². The molecule has 0 radical (unpaired) electrons. The van der Waals surface area contributed by atoms with Crippen LogP contribution in [0.3, 0.4) is 0 Å². The predicted octanol–water partition coefficient (Wildman–Crippen LogP) is 3.97. The molecule has 0 aliphatic carbocycles. The number of hydrogen-bond acceptors (Lipinski definition) is 1. The van der Waals surface area contributed by atoms with Crippen molar-refractivity contribution in [3.63, 3.8) is 0 Å². The maximum atomic E-state index is 5.92. The second-order valence-corrected chi connectivity index (χ2v) is 6.05. The Balaban J connectivity index is 2.64. The van der Waals surface area contributed by atoms with E-state index in [4.69, 9.17) is 11.6 Å². The van der Waals surface area contributed by atoms with Gasteiger partial charge in [-0.15, -0.1) is 11.6 Å². The number of alkyl halides is 1. The molecular formula is C15H24ClN. The molecule has 0 fully saturated rings. The summed E-state index contributed by atoms with van der Waals surface area (Å²) in [5.74, 6) is 0.686. The van der Waals surface area contributed by atoms with Crippen molar-refractivity contribution >= 4 is 11.6 Å². The van der Waals surface area contributed by atoms with Gasteiger partial charge in [-0.3, -0.25) is 0 Å². The molecule has 1 aromatic rings. The number of halogens is 1. The summed E-state index contributed by atoms with van der Waals surface area (Å²) >= 11 is 5.92. The molecule has 0 unspecified atom stereocenters. The summed E-state index contributed by atoms with van der Waals surface area (Å²) in [6.45, 7) is 12.8. The number of aryl methyl sites for hydroxylation is 3. The lowest BCUT2D eigenvalue weighted by Gasteiger charge is -2.22. The fourth-order valence-corrected chi connectivity index (χ4v) is 2.16. The average Bonchev–Trinajstić information content (AvgIpc) is 2.22. The minimum atomic E-state index is 0.161. The summed E-state index contributed by atoms with van der Waals surface area (Å²) in [6, 6.07) is 4.49. The zero-order valence-electron chi connectivity index (χ0n) is 11.7. The Morgan fingerprint density at radius 3 is 2.12 bits per heavy atom. The molecule has 1 nitrogen and oxygen atoms in total. The van der Waals surface area contributed by atoms with Crippen LogP contribution in [-0.4, -0.2) is 12.4 Å². The molecule has 2 heteroatoms. The highest BCUT2D eigenvalue weighted by Crippen LogP contribution is 2.18. The van der Waals surface area contributed by atoms with Crippen molar-refractivity contribution in [3.8, 4) is 0 Å². The van der Waals surface area contributed by atoms with E-state index in [2.05, 4.69) is 52.1 Å². The molecular weight excluding hydrogens is 230 g/mol. The van der Waals surface area contributed by atoms with Gasteiger partial charge in [0.1, 0.15) is 0 Å². The van der Waals surface area contributed by atoms with Crippen LogP contribution in [0.15, 0.2) is 12.1 Å². The monoisotopic (exact) mass is 253 g/mol. The molecule has 0 heterocycles. The van der Waals surface area contributed by atoms with Crippen LogP contribution in [0.2, 0.25) is 0 Å². The highest BCUT2D eigenvalue weighted by atomic mass is 35.5. The van der Waals surface area contributed by atoms with Crippen molar-refractivity contribution in [3.05, 3.63) is 34.4 Å². The van der Waals surface area contributed by atoms with Crippen LogP contribution in [0.5, 0.6) is 0 Å². The third-order valence-electron chi connectivity index (χ3n) is 3.11. The molecule has 0 spiro atoms. The average molecular weight is 254 g/mol. The predicted molar refractivity (Wildman–Crippen MR) is 76.9 cm³/mol. The van der Waals surface area contributed by atoms with Gasteiger partial charge in [0.2, 0.25) is 0 Å². The fourth-order valence-electron chi connectivity index (χ4n) is 2.06. The van der Waals surface area contributed by atoms with Crippen LogP contribution < -0.4 is 5.32 Å². The molecule has 0 atom stereocenters. The van der Waals surface area contributed by atoms with E-state index in [1.807, 2.05) is 0 Å². The molecule has 0 aliphatic heterocycles. The lowest BCUT2D eigenvalue weighted by atomic mass is 9.95. The number of nitrogens with one attached hydrogen (secondary N) is 1. The number of hydrogen-bond donors (Lipinski definition) is 1. The zero-order chi connectivity index (χ0) is 13.1. The molecule has 0 bridgehead atoms. The van der Waals surface area contributed by atoms with Crippen LogP contribution in [0, 0.1) is 26.2 Å². The highest BCUT2D eigenvalue weighted by molar-refractivity contribution is 6.18. The third-order valence-corrected chi connectivity index (χ3v) is 3.83. The van der Waals surface area contributed by atoms with E-state index in [1.165, 1.54) is 22.3 Å². The SMILES string of the molecule is Cc1cc(C)c(CNCC(C)(C)CCl)c(C)c1. The molecule has 0 amide bonds. The molecule has 0 aromatic heterocycles. The molecule has 0 saturated carbocycles. The van der Waals surface area contributed by atoms with Gasteiger partial charge >= 0.3 is 0 Å². The van der Waals surface area contributed by atoms with Gasteiger partial charge in [-0.05, 0) is 42.9 Å². The van der Waals surface area contributed by atoms with Gasteiger partial charge in [0.25, 0.3) is 0 Å². The van der Waals surface area contributed by atoms with E-state index in [0.29, 0.717) is 5.88 Å². The topological polar surface area (TPSA) is 12.0 Å². The molecule has 1 aromatic carbocycles. The first-order valence-electron chi connectivity index (χ1n) is 6.19. The maximum absolute atomic E-state index is 5.92. The molecule has 96 valence electrons. The molecule has 1 N–H and O–H groups in total. The van der Waals surface area contributed by atoms with E-state index in [0.717, 1.165) is 13.1 Å². The Bertz CT molecular complexity index is 360. The van der Waals surface area contributed by atoms with Crippen LogP contribution >= 0.6 is 11.6 Å². The van der Waals surface area contributed by atoms with Crippen LogP contribution in [0.4, 0.5) is 0 Å².